The Morgan fingerprint density at radius 1 is 1.29 bits per heavy atom. The molecule has 1 saturated carbocycles. The van der Waals surface area contributed by atoms with Crippen molar-refractivity contribution in [3.05, 3.63) is 28.2 Å². The van der Waals surface area contributed by atoms with Crippen molar-refractivity contribution < 1.29 is 5.11 Å². The van der Waals surface area contributed by atoms with Gasteiger partial charge in [0.2, 0.25) is 0 Å². The van der Waals surface area contributed by atoms with Gasteiger partial charge in [0, 0.05) is 14.6 Å². The third kappa shape index (κ3) is 3.73. The quantitative estimate of drug-likeness (QED) is 0.853. The molecule has 2 rings (SSSR count). The lowest BCUT2D eigenvalue weighted by atomic mass is 10.0. The monoisotopic (exact) mass is 314 g/mol. The molecule has 0 amide bonds. The predicted octanol–water partition coefficient (Wildman–Crippen LogP) is 4.93. The van der Waals surface area contributed by atoms with Crippen LogP contribution < -0.4 is 0 Å². The Balaban J connectivity index is 2.05. The third-order valence-electron chi connectivity index (χ3n) is 3.28. The van der Waals surface area contributed by atoms with Gasteiger partial charge in [-0.05, 0) is 53.4 Å². The van der Waals surface area contributed by atoms with E-state index in [4.69, 9.17) is 0 Å². The average Bonchev–Trinajstić information content (AvgIpc) is 2.33. The van der Waals surface area contributed by atoms with Crippen molar-refractivity contribution in [2.45, 2.75) is 55.3 Å². The van der Waals surface area contributed by atoms with Crippen molar-refractivity contribution in [2.24, 2.45) is 0 Å². The Hall–Kier alpha value is 0.01000. The minimum absolute atomic E-state index is 0.389. The maximum atomic E-state index is 9.53. The Kier molecular flexibility index (Phi) is 4.95. The highest BCUT2D eigenvalue weighted by atomic mass is 79.9. The molecule has 0 aliphatic heterocycles. The van der Waals surface area contributed by atoms with Crippen LogP contribution in [0.5, 0.6) is 0 Å². The van der Waals surface area contributed by atoms with Crippen LogP contribution >= 0.6 is 27.7 Å². The summed E-state index contributed by atoms with van der Waals surface area (Å²) in [6.07, 6.45) is 6.45. The molecule has 1 fully saturated rings. The minimum atomic E-state index is -0.389. The van der Waals surface area contributed by atoms with Crippen molar-refractivity contribution in [3.8, 4) is 0 Å². The highest BCUT2D eigenvalue weighted by Gasteiger charge is 2.16. The lowest BCUT2D eigenvalue weighted by Crippen LogP contribution is -2.07. The first kappa shape index (κ1) is 13.4. The van der Waals surface area contributed by atoms with E-state index in [0.29, 0.717) is 0 Å². The molecule has 1 aromatic carbocycles. The zero-order valence-corrected chi connectivity index (χ0v) is 12.6. The maximum Gasteiger partial charge on any atom is 0.0762 e. The summed E-state index contributed by atoms with van der Waals surface area (Å²) >= 11 is 5.59. The second-order valence-corrected chi connectivity index (χ2v) is 6.94. The summed E-state index contributed by atoms with van der Waals surface area (Å²) in [6, 6.07) is 6.20. The summed E-state index contributed by atoms with van der Waals surface area (Å²) in [5.41, 5.74) is 0.977. The van der Waals surface area contributed by atoms with Gasteiger partial charge in [0.05, 0.1) is 6.10 Å². The van der Waals surface area contributed by atoms with E-state index < -0.39 is 0 Å². The van der Waals surface area contributed by atoms with E-state index in [1.165, 1.54) is 37.0 Å². The number of benzene rings is 1. The fraction of sp³-hybridized carbons (Fsp3) is 0.571. The summed E-state index contributed by atoms with van der Waals surface area (Å²) < 4.78 is 1.12. The number of aliphatic hydroxyl groups is 1. The van der Waals surface area contributed by atoms with Crippen LogP contribution in [0.15, 0.2) is 27.6 Å². The first-order chi connectivity index (χ1) is 8.16. The average molecular weight is 315 g/mol. The molecule has 1 aliphatic rings. The summed E-state index contributed by atoms with van der Waals surface area (Å²) in [4.78, 5) is 1.31. The maximum absolute atomic E-state index is 9.53. The van der Waals surface area contributed by atoms with E-state index in [-0.39, 0.29) is 6.10 Å². The summed E-state index contributed by atoms with van der Waals surface area (Å²) in [5.74, 6) is 0. The van der Waals surface area contributed by atoms with Crippen molar-refractivity contribution in [1.29, 1.82) is 0 Å². The molecule has 1 nitrogen and oxygen atoms in total. The molecule has 94 valence electrons. The SMILES string of the molecule is C[C@H](O)c1ccc(SC2CCCCC2)c(Br)c1. The second-order valence-electron chi connectivity index (χ2n) is 4.74. The molecule has 0 saturated heterocycles. The van der Waals surface area contributed by atoms with Crippen LogP contribution in [0.4, 0.5) is 0 Å². The van der Waals surface area contributed by atoms with E-state index in [9.17, 15) is 5.11 Å². The van der Waals surface area contributed by atoms with Crippen molar-refractivity contribution in [3.63, 3.8) is 0 Å². The molecule has 0 heterocycles. The highest BCUT2D eigenvalue weighted by molar-refractivity contribution is 9.10. The molecular formula is C14H19BrOS. The largest absolute Gasteiger partial charge is 0.389 e. The van der Waals surface area contributed by atoms with Gasteiger partial charge in [-0.15, -0.1) is 11.8 Å². The van der Waals surface area contributed by atoms with Crippen molar-refractivity contribution >= 4 is 27.7 Å². The molecule has 0 aromatic heterocycles. The standard InChI is InChI=1S/C14H19BrOS/c1-10(16)11-7-8-14(13(15)9-11)17-12-5-3-2-4-6-12/h7-10,12,16H,2-6H2,1H3/t10-/m0/s1. The van der Waals surface area contributed by atoms with Gasteiger partial charge >= 0.3 is 0 Å². The van der Waals surface area contributed by atoms with Gasteiger partial charge in [0.15, 0.2) is 0 Å². The number of halogens is 1. The lowest BCUT2D eigenvalue weighted by Gasteiger charge is -2.21. The number of thioether (sulfide) groups is 1. The van der Waals surface area contributed by atoms with Gasteiger partial charge < -0.3 is 5.11 Å². The predicted molar refractivity (Wildman–Crippen MR) is 77.5 cm³/mol. The minimum Gasteiger partial charge on any atom is -0.389 e. The van der Waals surface area contributed by atoms with Gasteiger partial charge in [0.25, 0.3) is 0 Å². The smallest absolute Gasteiger partial charge is 0.0762 e. The Labute approximate surface area is 116 Å². The fourth-order valence-corrected chi connectivity index (χ4v) is 4.16. The molecule has 3 heteroatoms. The topological polar surface area (TPSA) is 20.2 Å². The lowest BCUT2D eigenvalue weighted by molar-refractivity contribution is 0.199. The van der Waals surface area contributed by atoms with Crippen molar-refractivity contribution in [2.75, 3.05) is 0 Å². The van der Waals surface area contributed by atoms with Crippen molar-refractivity contribution in [1.82, 2.24) is 0 Å². The molecule has 1 atom stereocenters. The third-order valence-corrected chi connectivity index (χ3v) is 5.62. The molecule has 0 bridgehead atoms. The zero-order valence-electron chi connectivity index (χ0n) is 10.2. The van der Waals surface area contributed by atoms with Gasteiger partial charge in [-0.2, -0.15) is 0 Å². The van der Waals surface area contributed by atoms with Gasteiger partial charge in [0.1, 0.15) is 0 Å². The number of rotatable bonds is 3. The zero-order chi connectivity index (χ0) is 12.3. The van der Waals surface area contributed by atoms with Crippen LogP contribution in [0.1, 0.15) is 50.7 Å². The van der Waals surface area contributed by atoms with Gasteiger partial charge in [-0.25, -0.2) is 0 Å². The molecule has 0 unspecified atom stereocenters. The van der Waals surface area contributed by atoms with Gasteiger partial charge in [-0.3, -0.25) is 0 Å². The molecular weight excluding hydrogens is 296 g/mol. The van der Waals surface area contributed by atoms with Crippen LogP contribution in [-0.2, 0) is 0 Å². The van der Waals surface area contributed by atoms with E-state index in [1.807, 2.05) is 23.9 Å². The Morgan fingerprint density at radius 3 is 2.59 bits per heavy atom. The first-order valence-corrected chi connectivity index (χ1v) is 7.98. The molecule has 17 heavy (non-hydrogen) atoms. The summed E-state index contributed by atoms with van der Waals surface area (Å²) in [7, 11) is 0. The normalized spacial score (nSPS) is 19.2. The van der Waals surface area contributed by atoms with E-state index in [0.717, 1.165) is 15.3 Å². The van der Waals surface area contributed by atoms with Crippen LogP contribution in [0.25, 0.3) is 0 Å². The fourth-order valence-electron chi connectivity index (χ4n) is 2.24. The summed E-state index contributed by atoms with van der Waals surface area (Å²) in [6.45, 7) is 1.80. The molecule has 1 N–H and O–H groups in total. The second kappa shape index (κ2) is 6.26. The van der Waals surface area contributed by atoms with E-state index in [1.54, 1.807) is 6.92 Å². The molecule has 0 spiro atoms. The number of hydrogen-bond donors (Lipinski definition) is 1. The summed E-state index contributed by atoms with van der Waals surface area (Å²) in [5, 5.41) is 10.3. The number of hydrogen-bond acceptors (Lipinski definition) is 2. The Bertz CT molecular complexity index is 372. The first-order valence-electron chi connectivity index (χ1n) is 6.31. The molecule has 1 aliphatic carbocycles. The van der Waals surface area contributed by atoms with Crippen LogP contribution in [0.2, 0.25) is 0 Å². The Morgan fingerprint density at radius 2 is 2.00 bits per heavy atom. The number of aliphatic hydroxyl groups excluding tert-OH is 1. The van der Waals surface area contributed by atoms with Crippen LogP contribution in [-0.4, -0.2) is 10.4 Å². The molecule has 1 aromatic rings. The highest BCUT2D eigenvalue weighted by Crippen LogP contribution is 2.37. The van der Waals surface area contributed by atoms with E-state index >= 15 is 0 Å². The van der Waals surface area contributed by atoms with E-state index in [2.05, 4.69) is 22.0 Å². The molecule has 0 radical (unpaired) electrons. The van der Waals surface area contributed by atoms with Gasteiger partial charge in [-0.1, -0.05) is 25.3 Å². The van der Waals surface area contributed by atoms with Crippen LogP contribution in [0.3, 0.4) is 0 Å². The van der Waals surface area contributed by atoms with Crippen LogP contribution in [0, 0.1) is 0 Å².